The summed E-state index contributed by atoms with van der Waals surface area (Å²) in [6.07, 6.45) is 2.75. The van der Waals surface area contributed by atoms with Gasteiger partial charge in [-0.15, -0.1) is 0 Å². The highest BCUT2D eigenvalue weighted by atomic mass is 16.3. The zero-order valence-electron chi connectivity index (χ0n) is 15.5. The van der Waals surface area contributed by atoms with Crippen LogP contribution in [0.4, 0.5) is 0 Å². The van der Waals surface area contributed by atoms with Crippen LogP contribution in [0.5, 0.6) is 0 Å². The molecule has 2 saturated heterocycles. The third-order valence-electron chi connectivity index (χ3n) is 5.15. The summed E-state index contributed by atoms with van der Waals surface area (Å²) in [5.41, 5.74) is 0. The Morgan fingerprint density at radius 2 is 1.88 bits per heavy atom. The number of amides is 3. The molecule has 1 aromatic heterocycles. The first kappa shape index (κ1) is 18.5. The smallest absolute Gasteiger partial charge is 0.289 e. The van der Waals surface area contributed by atoms with Crippen LogP contribution in [0.3, 0.4) is 0 Å². The minimum absolute atomic E-state index is 0.0375. The predicted molar refractivity (Wildman–Crippen MR) is 95.3 cm³/mol. The maximum absolute atomic E-state index is 12.8. The topological polar surface area (TPSA) is 74.1 Å². The summed E-state index contributed by atoms with van der Waals surface area (Å²) >= 11 is 0. The highest BCUT2D eigenvalue weighted by molar-refractivity contribution is 5.92. The molecule has 2 fully saturated rings. The second-order valence-corrected chi connectivity index (χ2v) is 7.52. The number of nitrogens with zero attached hydrogens (tertiary/aromatic N) is 3. The summed E-state index contributed by atoms with van der Waals surface area (Å²) in [5, 5.41) is 0. The summed E-state index contributed by atoms with van der Waals surface area (Å²) in [5.74, 6) is 0.593. The molecule has 1 aromatic rings. The molecule has 7 nitrogen and oxygen atoms in total. The maximum Gasteiger partial charge on any atom is 0.289 e. The van der Waals surface area contributed by atoms with Crippen molar-refractivity contribution in [3.63, 3.8) is 0 Å². The van der Waals surface area contributed by atoms with Gasteiger partial charge in [-0.05, 0) is 24.5 Å². The number of hydrogen-bond donors (Lipinski definition) is 0. The molecule has 26 heavy (non-hydrogen) atoms. The number of rotatable bonds is 5. The molecule has 0 radical (unpaired) electrons. The van der Waals surface area contributed by atoms with Crippen molar-refractivity contribution in [2.75, 3.05) is 39.3 Å². The van der Waals surface area contributed by atoms with E-state index in [1.54, 1.807) is 21.9 Å². The third-order valence-corrected chi connectivity index (χ3v) is 5.15. The van der Waals surface area contributed by atoms with E-state index in [0.29, 0.717) is 50.8 Å². The minimum atomic E-state index is -0.248. The van der Waals surface area contributed by atoms with Crippen molar-refractivity contribution in [3.05, 3.63) is 24.2 Å². The van der Waals surface area contributed by atoms with Gasteiger partial charge in [0.15, 0.2) is 5.76 Å². The van der Waals surface area contributed by atoms with Crippen molar-refractivity contribution in [1.29, 1.82) is 0 Å². The largest absolute Gasteiger partial charge is 0.459 e. The Hall–Kier alpha value is -2.31. The molecule has 0 aromatic carbocycles. The average molecular weight is 361 g/mol. The van der Waals surface area contributed by atoms with E-state index in [1.807, 2.05) is 4.90 Å². The molecule has 2 aliphatic heterocycles. The van der Waals surface area contributed by atoms with Gasteiger partial charge in [-0.25, -0.2) is 0 Å². The number of hydrogen-bond acceptors (Lipinski definition) is 4. The van der Waals surface area contributed by atoms with Gasteiger partial charge >= 0.3 is 0 Å². The van der Waals surface area contributed by atoms with Crippen LogP contribution in [0, 0.1) is 11.8 Å². The third kappa shape index (κ3) is 4.08. The standard InChI is InChI=1S/C19H27N3O4/c1-14(2)5-6-22-13-15(12-17(22)23)18(24)20-7-9-21(10-8-20)19(25)16-4-3-11-26-16/h3-4,11,14-15H,5-10,12-13H2,1-2H3. The minimum Gasteiger partial charge on any atom is -0.459 e. The van der Waals surface area contributed by atoms with Crippen LogP contribution >= 0.6 is 0 Å². The van der Waals surface area contributed by atoms with Crippen LogP contribution in [-0.4, -0.2) is 71.7 Å². The van der Waals surface area contributed by atoms with Gasteiger partial charge < -0.3 is 19.1 Å². The number of likely N-dealkylation sites (tertiary alicyclic amines) is 1. The molecule has 3 rings (SSSR count). The van der Waals surface area contributed by atoms with Gasteiger partial charge in [-0.2, -0.15) is 0 Å². The van der Waals surface area contributed by atoms with Crippen LogP contribution in [-0.2, 0) is 9.59 Å². The maximum atomic E-state index is 12.8. The Bertz CT molecular complexity index is 648. The first-order chi connectivity index (χ1) is 12.5. The van der Waals surface area contributed by atoms with Gasteiger partial charge in [0.25, 0.3) is 5.91 Å². The SMILES string of the molecule is CC(C)CCN1CC(C(=O)N2CCN(C(=O)c3ccco3)CC2)CC1=O. The lowest BCUT2D eigenvalue weighted by Gasteiger charge is -2.35. The highest BCUT2D eigenvalue weighted by Crippen LogP contribution is 2.22. The summed E-state index contributed by atoms with van der Waals surface area (Å²) < 4.78 is 5.15. The van der Waals surface area contributed by atoms with Crippen molar-refractivity contribution in [1.82, 2.24) is 14.7 Å². The van der Waals surface area contributed by atoms with Crippen molar-refractivity contribution < 1.29 is 18.8 Å². The number of carbonyl (C=O) groups is 3. The molecule has 0 bridgehead atoms. The van der Waals surface area contributed by atoms with E-state index < -0.39 is 0 Å². The molecular weight excluding hydrogens is 334 g/mol. The summed E-state index contributed by atoms with van der Waals surface area (Å²) in [7, 11) is 0. The molecule has 1 atom stereocenters. The van der Waals surface area contributed by atoms with Gasteiger partial charge in [-0.1, -0.05) is 13.8 Å². The highest BCUT2D eigenvalue weighted by Gasteiger charge is 2.37. The zero-order chi connectivity index (χ0) is 18.7. The molecular formula is C19H27N3O4. The van der Waals surface area contributed by atoms with Crippen LogP contribution in [0.25, 0.3) is 0 Å². The summed E-state index contributed by atoms with van der Waals surface area (Å²) in [6, 6.07) is 3.34. The lowest BCUT2D eigenvalue weighted by molar-refractivity contribution is -0.137. The molecule has 0 aliphatic carbocycles. The monoisotopic (exact) mass is 361 g/mol. The number of piperazine rings is 1. The molecule has 2 aliphatic rings. The summed E-state index contributed by atoms with van der Waals surface area (Å²) in [4.78, 5) is 42.5. The lowest BCUT2D eigenvalue weighted by Crippen LogP contribution is -2.52. The van der Waals surface area contributed by atoms with E-state index in [-0.39, 0.29) is 23.6 Å². The number of furan rings is 1. The fraction of sp³-hybridized carbons (Fsp3) is 0.632. The second kappa shape index (κ2) is 7.93. The normalized spacial score (nSPS) is 21.0. The van der Waals surface area contributed by atoms with Gasteiger partial charge in [0.1, 0.15) is 0 Å². The lowest BCUT2D eigenvalue weighted by atomic mass is 10.1. The molecule has 7 heteroatoms. The first-order valence-corrected chi connectivity index (χ1v) is 9.35. The van der Waals surface area contributed by atoms with E-state index in [2.05, 4.69) is 13.8 Å². The van der Waals surface area contributed by atoms with E-state index in [1.165, 1.54) is 6.26 Å². The Morgan fingerprint density at radius 1 is 1.19 bits per heavy atom. The molecule has 0 spiro atoms. The Balaban J connectivity index is 1.49. The van der Waals surface area contributed by atoms with Gasteiger partial charge in [0, 0.05) is 45.7 Å². The van der Waals surface area contributed by atoms with E-state index >= 15 is 0 Å². The van der Waals surface area contributed by atoms with Crippen LogP contribution in [0.1, 0.15) is 37.2 Å². The fourth-order valence-corrected chi connectivity index (χ4v) is 3.51. The van der Waals surface area contributed by atoms with Crippen molar-refractivity contribution in [2.45, 2.75) is 26.7 Å². The van der Waals surface area contributed by atoms with Gasteiger partial charge in [-0.3, -0.25) is 14.4 Å². The van der Waals surface area contributed by atoms with Crippen LogP contribution in [0.15, 0.2) is 22.8 Å². The summed E-state index contributed by atoms with van der Waals surface area (Å²) in [6.45, 7) is 7.50. The first-order valence-electron chi connectivity index (χ1n) is 9.35. The quantitative estimate of drug-likeness (QED) is 0.796. The molecule has 0 N–H and O–H groups in total. The van der Waals surface area contributed by atoms with E-state index in [4.69, 9.17) is 4.42 Å². The van der Waals surface area contributed by atoms with Crippen molar-refractivity contribution >= 4 is 17.7 Å². The molecule has 142 valence electrons. The molecule has 0 saturated carbocycles. The molecule has 1 unspecified atom stereocenters. The van der Waals surface area contributed by atoms with Crippen LogP contribution in [0.2, 0.25) is 0 Å². The van der Waals surface area contributed by atoms with Gasteiger partial charge in [0.05, 0.1) is 12.2 Å². The Kier molecular flexibility index (Phi) is 5.64. The molecule has 3 amide bonds. The molecule has 3 heterocycles. The van der Waals surface area contributed by atoms with E-state index in [9.17, 15) is 14.4 Å². The number of carbonyl (C=O) groups excluding carboxylic acids is 3. The van der Waals surface area contributed by atoms with E-state index in [0.717, 1.165) is 13.0 Å². The Morgan fingerprint density at radius 3 is 2.50 bits per heavy atom. The van der Waals surface area contributed by atoms with Crippen molar-refractivity contribution in [2.24, 2.45) is 11.8 Å². The fourth-order valence-electron chi connectivity index (χ4n) is 3.51. The average Bonchev–Trinajstić information content (AvgIpc) is 3.29. The second-order valence-electron chi connectivity index (χ2n) is 7.52. The van der Waals surface area contributed by atoms with Crippen molar-refractivity contribution in [3.8, 4) is 0 Å². The zero-order valence-corrected chi connectivity index (χ0v) is 15.5. The predicted octanol–water partition coefficient (Wildman–Crippen LogP) is 1.46. The van der Waals surface area contributed by atoms with Crippen LogP contribution < -0.4 is 0 Å². The Labute approximate surface area is 153 Å². The van der Waals surface area contributed by atoms with Gasteiger partial charge in [0.2, 0.25) is 11.8 Å².